The standard InChI is InChI=1S/C33H28F5NO5S/c1-17-23(16-45-24-9-4-3-8-22(24)42-2)43-33(44-31(17)19-12-10-18(15-40)11-13-19)20-6-5-7-21(14-20)39-32(41)25-26(34)28(36)30(38)29(37)27(25)35/h3-14,17,23,31,33,40H,15-16H2,1-2H3,(H,39,41)/t17-,23+,31+,33+/m0/s1. The number of halogens is 5. The Hall–Kier alpha value is -3.97. The van der Waals surface area contributed by atoms with Gasteiger partial charge in [-0.3, -0.25) is 4.79 Å². The molecule has 236 valence electrons. The van der Waals surface area contributed by atoms with Gasteiger partial charge in [0, 0.05) is 27.8 Å². The second kappa shape index (κ2) is 14.0. The van der Waals surface area contributed by atoms with Crippen molar-refractivity contribution in [2.75, 3.05) is 18.2 Å². The third-order valence-corrected chi connectivity index (χ3v) is 8.59. The van der Waals surface area contributed by atoms with Crippen LogP contribution < -0.4 is 10.1 Å². The van der Waals surface area contributed by atoms with E-state index in [9.17, 15) is 31.9 Å². The molecular weight excluding hydrogens is 617 g/mol. The summed E-state index contributed by atoms with van der Waals surface area (Å²) in [5.41, 5.74) is 0.416. The largest absolute Gasteiger partial charge is 0.496 e. The van der Waals surface area contributed by atoms with Crippen LogP contribution in [-0.2, 0) is 16.1 Å². The van der Waals surface area contributed by atoms with Crippen LogP contribution in [0.2, 0.25) is 0 Å². The summed E-state index contributed by atoms with van der Waals surface area (Å²) < 4.78 is 87.7. The predicted molar refractivity (Wildman–Crippen MR) is 157 cm³/mol. The third-order valence-electron chi connectivity index (χ3n) is 7.45. The van der Waals surface area contributed by atoms with Gasteiger partial charge in [0.15, 0.2) is 29.6 Å². The minimum atomic E-state index is -2.36. The molecule has 4 aromatic carbocycles. The maximum Gasteiger partial charge on any atom is 0.261 e. The van der Waals surface area contributed by atoms with Crippen LogP contribution in [0.3, 0.4) is 0 Å². The average Bonchev–Trinajstić information content (AvgIpc) is 3.06. The number of aliphatic hydroxyl groups is 1. The van der Waals surface area contributed by atoms with E-state index in [4.69, 9.17) is 14.2 Å². The number of hydrogen-bond acceptors (Lipinski definition) is 6. The topological polar surface area (TPSA) is 77.0 Å². The van der Waals surface area contributed by atoms with Crippen LogP contribution in [-0.4, -0.2) is 30.0 Å². The molecular formula is C33H28F5NO5S. The molecule has 0 radical (unpaired) electrons. The fraction of sp³-hybridized carbons (Fsp3) is 0.242. The lowest BCUT2D eigenvalue weighted by molar-refractivity contribution is -0.268. The number of thioether (sulfide) groups is 1. The molecule has 1 heterocycles. The average molecular weight is 646 g/mol. The first-order valence-electron chi connectivity index (χ1n) is 13.8. The fourth-order valence-corrected chi connectivity index (χ4v) is 6.18. The molecule has 4 aromatic rings. The molecule has 0 aromatic heterocycles. The Morgan fingerprint density at radius 3 is 2.20 bits per heavy atom. The SMILES string of the molecule is COc1ccccc1SC[C@H]1O[C@@H](c2cccc(NC(=O)c3c(F)c(F)c(F)c(F)c3F)c2)O[C@@H](c2ccc(CO)cc2)[C@H]1C. The first-order valence-corrected chi connectivity index (χ1v) is 14.8. The molecule has 1 fully saturated rings. The van der Waals surface area contributed by atoms with E-state index in [1.165, 1.54) is 18.2 Å². The Morgan fingerprint density at radius 1 is 0.867 bits per heavy atom. The van der Waals surface area contributed by atoms with Crippen LogP contribution in [0.15, 0.2) is 77.7 Å². The molecule has 0 saturated carbocycles. The van der Waals surface area contributed by atoms with Gasteiger partial charge in [-0.05, 0) is 35.4 Å². The van der Waals surface area contributed by atoms with Crippen LogP contribution in [0.4, 0.5) is 27.6 Å². The number of para-hydroxylation sites is 1. The molecule has 1 saturated heterocycles. The van der Waals surface area contributed by atoms with E-state index in [2.05, 4.69) is 5.32 Å². The Bertz CT molecular complexity index is 1660. The molecule has 45 heavy (non-hydrogen) atoms. The summed E-state index contributed by atoms with van der Waals surface area (Å²) in [5, 5.41) is 11.7. The maximum atomic E-state index is 14.3. The van der Waals surface area contributed by atoms with Gasteiger partial charge < -0.3 is 24.6 Å². The molecule has 1 amide bonds. The van der Waals surface area contributed by atoms with Crippen molar-refractivity contribution in [1.82, 2.24) is 0 Å². The lowest BCUT2D eigenvalue weighted by Crippen LogP contribution is -2.38. The van der Waals surface area contributed by atoms with E-state index in [0.29, 0.717) is 17.1 Å². The van der Waals surface area contributed by atoms with E-state index >= 15 is 0 Å². The Morgan fingerprint density at radius 2 is 1.53 bits per heavy atom. The van der Waals surface area contributed by atoms with Crippen LogP contribution in [0, 0.1) is 35.0 Å². The molecule has 6 nitrogen and oxygen atoms in total. The first-order chi connectivity index (χ1) is 21.6. The highest BCUT2D eigenvalue weighted by Crippen LogP contribution is 2.44. The lowest BCUT2D eigenvalue weighted by atomic mass is 9.91. The second-order valence-electron chi connectivity index (χ2n) is 10.3. The molecule has 0 bridgehead atoms. The molecule has 2 N–H and O–H groups in total. The number of carbonyl (C=O) groups is 1. The summed E-state index contributed by atoms with van der Waals surface area (Å²) in [6.45, 7) is 1.88. The fourth-order valence-electron chi connectivity index (χ4n) is 4.98. The van der Waals surface area contributed by atoms with Crippen LogP contribution >= 0.6 is 11.8 Å². The first kappa shape index (κ1) is 32.4. The van der Waals surface area contributed by atoms with Gasteiger partial charge in [-0.2, -0.15) is 0 Å². The molecule has 0 spiro atoms. The molecule has 0 aliphatic carbocycles. The van der Waals surface area contributed by atoms with Gasteiger partial charge in [-0.1, -0.05) is 55.5 Å². The summed E-state index contributed by atoms with van der Waals surface area (Å²) in [5.74, 6) is -11.7. The number of nitrogens with one attached hydrogen (secondary N) is 1. The van der Waals surface area contributed by atoms with E-state index < -0.39 is 53.0 Å². The number of ether oxygens (including phenoxy) is 3. The van der Waals surface area contributed by atoms with Crippen molar-refractivity contribution in [3.63, 3.8) is 0 Å². The zero-order valence-corrected chi connectivity index (χ0v) is 24.8. The highest BCUT2D eigenvalue weighted by Gasteiger charge is 2.38. The quantitative estimate of drug-likeness (QED) is 0.0841. The Labute approximate surface area is 260 Å². The summed E-state index contributed by atoms with van der Waals surface area (Å²) in [7, 11) is 1.59. The van der Waals surface area contributed by atoms with Crippen LogP contribution in [0.5, 0.6) is 5.75 Å². The molecule has 12 heteroatoms. The van der Waals surface area contributed by atoms with Crippen molar-refractivity contribution in [2.24, 2.45) is 5.92 Å². The van der Waals surface area contributed by atoms with Crippen LogP contribution in [0.1, 0.15) is 46.4 Å². The smallest absolute Gasteiger partial charge is 0.261 e. The molecule has 4 atom stereocenters. The van der Waals surface area contributed by atoms with E-state index in [-0.39, 0.29) is 24.3 Å². The predicted octanol–water partition coefficient (Wildman–Crippen LogP) is 7.72. The summed E-state index contributed by atoms with van der Waals surface area (Å²) in [4.78, 5) is 13.6. The number of benzene rings is 4. The number of carbonyl (C=O) groups excluding carboxylic acids is 1. The van der Waals surface area contributed by atoms with Gasteiger partial charge in [0.05, 0.1) is 25.9 Å². The van der Waals surface area contributed by atoms with Crippen molar-refractivity contribution in [3.05, 3.63) is 124 Å². The van der Waals surface area contributed by atoms with Gasteiger partial charge in [0.25, 0.3) is 5.91 Å². The summed E-state index contributed by atoms with van der Waals surface area (Å²) >= 11 is 1.54. The van der Waals surface area contributed by atoms with Gasteiger partial charge >= 0.3 is 0 Å². The lowest BCUT2D eigenvalue weighted by Gasteiger charge is -2.41. The number of anilines is 1. The summed E-state index contributed by atoms with van der Waals surface area (Å²) in [6.07, 6.45) is -1.77. The number of rotatable bonds is 9. The Kier molecular flexibility index (Phi) is 10.1. The zero-order chi connectivity index (χ0) is 32.2. The van der Waals surface area contributed by atoms with Crippen molar-refractivity contribution < 1.29 is 46.1 Å². The Balaban J connectivity index is 1.42. The third kappa shape index (κ3) is 6.84. The van der Waals surface area contributed by atoms with Gasteiger partial charge in [-0.25, -0.2) is 22.0 Å². The molecule has 1 aliphatic heterocycles. The minimum absolute atomic E-state index is 0.0102. The molecule has 1 aliphatic rings. The normalized spacial score (nSPS) is 19.7. The van der Waals surface area contributed by atoms with Gasteiger partial charge in [0.2, 0.25) is 5.82 Å². The van der Waals surface area contributed by atoms with Crippen molar-refractivity contribution in [2.45, 2.75) is 36.9 Å². The van der Waals surface area contributed by atoms with Crippen molar-refractivity contribution >= 4 is 23.4 Å². The van der Waals surface area contributed by atoms with E-state index in [1.54, 1.807) is 37.1 Å². The minimum Gasteiger partial charge on any atom is -0.496 e. The second-order valence-corrected chi connectivity index (χ2v) is 11.4. The zero-order valence-electron chi connectivity index (χ0n) is 24.0. The summed E-state index contributed by atoms with van der Waals surface area (Å²) in [6, 6.07) is 20.9. The van der Waals surface area contributed by atoms with E-state index in [0.717, 1.165) is 16.0 Å². The monoisotopic (exact) mass is 645 g/mol. The molecule has 0 unspecified atom stereocenters. The maximum absolute atomic E-state index is 14.3. The number of amides is 1. The van der Waals surface area contributed by atoms with Gasteiger partial charge in [-0.15, -0.1) is 11.8 Å². The van der Waals surface area contributed by atoms with Crippen molar-refractivity contribution in [3.8, 4) is 5.75 Å². The van der Waals surface area contributed by atoms with Crippen molar-refractivity contribution in [1.29, 1.82) is 0 Å². The highest BCUT2D eigenvalue weighted by atomic mass is 32.2. The molecule has 5 rings (SSSR count). The number of methoxy groups -OCH3 is 1. The van der Waals surface area contributed by atoms with E-state index in [1.807, 2.05) is 43.3 Å². The number of aliphatic hydroxyl groups excluding tert-OH is 1. The number of hydrogen-bond donors (Lipinski definition) is 2. The van der Waals surface area contributed by atoms with Gasteiger partial charge in [0.1, 0.15) is 11.3 Å². The van der Waals surface area contributed by atoms with Crippen LogP contribution in [0.25, 0.3) is 0 Å². The highest BCUT2D eigenvalue weighted by molar-refractivity contribution is 7.99.